The lowest BCUT2D eigenvalue weighted by Gasteiger charge is -2.00. The summed E-state index contributed by atoms with van der Waals surface area (Å²) in [5, 5.41) is 0. The fraction of sp³-hybridized carbons (Fsp3) is 0.400. The molecule has 1 nitrogen and oxygen atoms in total. The number of carbonyl (C=O) groups is 1. The first-order valence-electron chi connectivity index (χ1n) is 5.90. The summed E-state index contributed by atoms with van der Waals surface area (Å²) in [4.78, 5) is 11.9. The Labute approximate surface area is 97.2 Å². The lowest BCUT2D eigenvalue weighted by molar-refractivity contribution is -0.120. The molecule has 16 heavy (non-hydrogen) atoms. The van der Waals surface area contributed by atoms with Gasteiger partial charge in [-0.05, 0) is 31.2 Å². The summed E-state index contributed by atoms with van der Waals surface area (Å²) in [7, 11) is 0. The zero-order chi connectivity index (χ0) is 11.5. The van der Waals surface area contributed by atoms with E-state index in [1.165, 1.54) is 5.56 Å². The molecule has 1 aromatic carbocycles. The minimum atomic E-state index is 0.279. The van der Waals surface area contributed by atoms with Crippen molar-refractivity contribution in [3.05, 3.63) is 48.0 Å². The molecule has 84 valence electrons. The van der Waals surface area contributed by atoms with Gasteiger partial charge in [0.05, 0.1) is 0 Å². The molecule has 1 aliphatic rings. The van der Waals surface area contributed by atoms with Crippen LogP contribution in [0.15, 0.2) is 42.5 Å². The van der Waals surface area contributed by atoms with Crippen molar-refractivity contribution >= 4 is 5.78 Å². The number of Topliss-reactive ketones (excluding diaryl/α,β-unsaturated/α-hetero) is 1. The van der Waals surface area contributed by atoms with Gasteiger partial charge in [-0.25, -0.2) is 0 Å². The molecular weight excluding hydrogens is 196 g/mol. The van der Waals surface area contributed by atoms with E-state index in [-0.39, 0.29) is 5.92 Å². The van der Waals surface area contributed by atoms with Crippen molar-refractivity contribution in [3.8, 4) is 0 Å². The van der Waals surface area contributed by atoms with E-state index in [1.54, 1.807) is 0 Å². The van der Waals surface area contributed by atoms with E-state index in [0.29, 0.717) is 18.1 Å². The number of allylic oxidation sites excluding steroid dienone is 1. The molecule has 0 amide bonds. The minimum Gasteiger partial charge on any atom is -0.299 e. The summed E-state index contributed by atoms with van der Waals surface area (Å²) in [5.74, 6) is 1.18. The normalized spacial score (nSPS) is 22.8. The van der Waals surface area contributed by atoms with E-state index in [1.807, 2.05) is 25.1 Å². The van der Waals surface area contributed by atoms with Gasteiger partial charge in [-0.15, -0.1) is 6.58 Å². The third-order valence-electron chi connectivity index (χ3n) is 3.23. The molecule has 2 atom stereocenters. The quantitative estimate of drug-likeness (QED) is 0.683. The smallest absolute Gasteiger partial charge is 0.136 e. The second-order valence-corrected chi connectivity index (χ2v) is 4.78. The highest BCUT2D eigenvalue weighted by atomic mass is 16.1. The fourth-order valence-electron chi connectivity index (χ4n) is 2.14. The van der Waals surface area contributed by atoms with Gasteiger partial charge < -0.3 is 0 Å². The first-order valence-corrected chi connectivity index (χ1v) is 5.90. The van der Waals surface area contributed by atoms with Crippen molar-refractivity contribution in [3.63, 3.8) is 0 Å². The Balaban J connectivity index is 1.87. The van der Waals surface area contributed by atoms with Gasteiger partial charge in [-0.2, -0.15) is 0 Å². The molecular formula is C15H18O. The number of hydrogen-bond acceptors (Lipinski definition) is 1. The summed E-state index contributed by atoms with van der Waals surface area (Å²) < 4.78 is 0. The monoisotopic (exact) mass is 214 g/mol. The molecule has 2 rings (SSSR count). The van der Waals surface area contributed by atoms with Gasteiger partial charge in [0.2, 0.25) is 0 Å². The standard InChI is InChI=1S/C15H18O/c1-11(2)8-9-15(16)14-10-13(14)12-6-4-3-5-7-12/h3-7,13-14H,1,8-10H2,2H3. The largest absolute Gasteiger partial charge is 0.299 e. The van der Waals surface area contributed by atoms with E-state index < -0.39 is 0 Å². The minimum absolute atomic E-state index is 0.279. The maximum atomic E-state index is 11.9. The number of rotatable bonds is 5. The lowest BCUT2D eigenvalue weighted by atomic mass is 10.0. The third-order valence-corrected chi connectivity index (χ3v) is 3.23. The van der Waals surface area contributed by atoms with Crippen LogP contribution in [-0.4, -0.2) is 5.78 Å². The maximum Gasteiger partial charge on any atom is 0.136 e. The van der Waals surface area contributed by atoms with Gasteiger partial charge in [0.15, 0.2) is 0 Å². The molecule has 0 bridgehead atoms. The Morgan fingerprint density at radius 2 is 2.00 bits per heavy atom. The van der Waals surface area contributed by atoms with Crippen LogP contribution < -0.4 is 0 Å². The van der Waals surface area contributed by atoms with Crippen LogP contribution >= 0.6 is 0 Å². The van der Waals surface area contributed by atoms with Crippen LogP contribution in [0.2, 0.25) is 0 Å². The molecule has 1 saturated carbocycles. The number of hydrogen-bond donors (Lipinski definition) is 0. The lowest BCUT2D eigenvalue weighted by Crippen LogP contribution is -2.02. The van der Waals surface area contributed by atoms with E-state index >= 15 is 0 Å². The van der Waals surface area contributed by atoms with Crippen molar-refractivity contribution in [1.82, 2.24) is 0 Å². The second kappa shape index (κ2) is 4.65. The van der Waals surface area contributed by atoms with Crippen LogP contribution in [0.4, 0.5) is 0 Å². The highest BCUT2D eigenvalue weighted by Crippen LogP contribution is 2.48. The molecule has 0 spiro atoms. The predicted octanol–water partition coefficient (Wildman–Crippen LogP) is 3.72. The number of benzene rings is 1. The van der Waals surface area contributed by atoms with Crippen molar-refractivity contribution in [2.24, 2.45) is 5.92 Å². The molecule has 1 heteroatoms. The number of ketones is 1. The molecule has 0 aromatic heterocycles. The Morgan fingerprint density at radius 3 is 2.62 bits per heavy atom. The second-order valence-electron chi connectivity index (χ2n) is 4.78. The average Bonchev–Trinajstić information content (AvgIpc) is 3.07. The van der Waals surface area contributed by atoms with Gasteiger partial charge in [-0.3, -0.25) is 4.79 Å². The first kappa shape index (κ1) is 11.1. The van der Waals surface area contributed by atoms with Crippen LogP contribution in [-0.2, 0) is 4.79 Å². The van der Waals surface area contributed by atoms with Crippen LogP contribution in [0, 0.1) is 5.92 Å². The molecule has 0 radical (unpaired) electrons. The third kappa shape index (κ3) is 2.60. The summed E-state index contributed by atoms with van der Waals surface area (Å²) in [6, 6.07) is 10.4. The molecule has 2 unspecified atom stereocenters. The molecule has 0 aliphatic heterocycles. The van der Waals surface area contributed by atoms with Crippen LogP contribution in [0.5, 0.6) is 0 Å². The van der Waals surface area contributed by atoms with E-state index in [2.05, 4.69) is 18.7 Å². The van der Waals surface area contributed by atoms with Crippen molar-refractivity contribution in [2.45, 2.75) is 32.1 Å². The SMILES string of the molecule is C=C(C)CCC(=O)C1CC1c1ccccc1. The Morgan fingerprint density at radius 1 is 1.31 bits per heavy atom. The molecule has 1 aromatic rings. The highest BCUT2D eigenvalue weighted by Gasteiger charge is 2.42. The van der Waals surface area contributed by atoms with Crippen LogP contribution in [0.25, 0.3) is 0 Å². The number of carbonyl (C=O) groups excluding carboxylic acids is 1. The van der Waals surface area contributed by atoms with Gasteiger partial charge in [0, 0.05) is 12.3 Å². The van der Waals surface area contributed by atoms with Gasteiger partial charge in [0.25, 0.3) is 0 Å². The van der Waals surface area contributed by atoms with E-state index in [0.717, 1.165) is 18.4 Å². The Hall–Kier alpha value is -1.37. The van der Waals surface area contributed by atoms with Gasteiger partial charge in [0.1, 0.15) is 5.78 Å². The van der Waals surface area contributed by atoms with Crippen LogP contribution in [0.3, 0.4) is 0 Å². The van der Waals surface area contributed by atoms with E-state index in [4.69, 9.17) is 0 Å². The maximum absolute atomic E-state index is 11.9. The molecule has 1 aliphatic carbocycles. The van der Waals surface area contributed by atoms with Gasteiger partial charge in [-0.1, -0.05) is 35.9 Å². The zero-order valence-electron chi connectivity index (χ0n) is 9.78. The summed E-state index contributed by atoms with van der Waals surface area (Å²) in [6.45, 7) is 5.81. The van der Waals surface area contributed by atoms with E-state index in [9.17, 15) is 4.79 Å². The average molecular weight is 214 g/mol. The first-order chi connectivity index (χ1) is 7.68. The summed E-state index contributed by atoms with van der Waals surface area (Å²) >= 11 is 0. The zero-order valence-corrected chi connectivity index (χ0v) is 9.78. The van der Waals surface area contributed by atoms with Crippen LogP contribution in [0.1, 0.15) is 37.7 Å². The van der Waals surface area contributed by atoms with Crippen molar-refractivity contribution < 1.29 is 4.79 Å². The summed E-state index contributed by atoms with van der Waals surface area (Å²) in [6.07, 6.45) is 2.55. The van der Waals surface area contributed by atoms with Gasteiger partial charge >= 0.3 is 0 Å². The Bertz CT molecular complexity index is 391. The molecule has 1 fully saturated rings. The molecule has 0 heterocycles. The highest BCUT2D eigenvalue weighted by molar-refractivity contribution is 5.85. The summed E-state index contributed by atoms with van der Waals surface area (Å²) in [5.41, 5.74) is 2.42. The topological polar surface area (TPSA) is 17.1 Å². The predicted molar refractivity (Wildman–Crippen MR) is 66.3 cm³/mol. The molecule has 0 saturated heterocycles. The Kier molecular flexibility index (Phi) is 3.23. The van der Waals surface area contributed by atoms with Crippen molar-refractivity contribution in [2.75, 3.05) is 0 Å². The molecule has 0 N–H and O–H groups in total. The fourth-order valence-corrected chi connectivity index (χ4v) is 2.14. The van der Waals surface area contributed by atoms with Crippen molar-refractivity contribution in [1.29, 1.82) is 0 Å².